The Morgan fingerprint density at radius 2 is 2.00 bits per heavy atom. The number of benzene rings is 1. The molecule has 1 atom stereocenters. The minimum absolute atomic E-state index is 0.0464. The molecule has 1 aromatic carbocycles. The van der Waals surface area contributed by atoms with Crippen molar-refractivity contribution in [1.82, 2.24) is 9.80 Å². The van der Waals surface area contributed by atoms with Crippen LogP contribution in [0.5, 0.6) is 5.75 Å². The molecule has 1 aromatic rings. The first kappa shape index (κ1) is 17.9. The maximum Gasteiger partial charge on any atom is 0.341 e. The number of nitrogens with zero attached hydrogens (tertiary/aromatic N) is 2. The van der Waals surface area contributed by atoms with Gasteiger partial charge in [-0.05, 0) is 49.3 Å². The molecule has 1 aliphatic rings. The molecule has 24 heavy (non-hydrogen) atoms. The van der Waals surface area contributed by atoms with E-state index >= 15 is 0 Å². The summed E-state index contributed by atoms with van der Waals surface area (Å²) in [5, 5.41) is 9.10. The summed E-state index contributed by atoms with van der Waals surface area (Å²) in [5.41, 5.74) is 1.32. The van der Waals surface area contributed by atoms with E-state index in [-0.39, 0.29) is 18.6 Å². The van der Waals surface area contributed by atoms with Crippen molar-refractivity contribution in [3.63, 3.8) is 0 Å². The summed E-state index contributed by atoms with van der Waals surface area (Å²) >= 11 is 5.37. The van der Waals surface area contributed by atoms with E-state index in [2.05, 4.69) is 0 Å². The van der Waals surface area contributed by atoms with E-state index in [1.165, 1.54) is 0 Å². The van der Waals surface area contributed by atoms with Gasteiger partial charge in [0.1, 0.15) is 11.4 Å². The van der Waals surface area contributed by atoms with Crippen molar-refractivity contribution in [2.45, 2.75) is 26.3 Å². The molecule has 1 amide bonds. The molecule has 1 heterocycles. The molecule has 128 valence electrons. The zero-order chi connectivity index (χ0) is 17.9. The second kappa shape index (κ2) is 7.44. The molecule has 7 heteroatoms. The lowest BCUT2D eigenvalue weighted by atomic mass is 10.1. The van der Waals surface area contributed by atoms with Crippen LogP contribution in [0.2, 0.25) is 0 Å². The number of carboxylic acids is 1. The van der Waals surface area contributed by atoms with Gasteiger partial charge in [-0.3, -0.25) is 9.69 Å². The van der Waals surface area contributed by atoms with E-state index in [1.54, 1.807) is 47.2 Å². The van der Waals surface area contributed by atoms with Gasteiger partial charge in [0.25, 0.3) is 5.91 Å². The van der Waals surface area contributed by atoms with Crippen LogP contribution in [0.25, 0.3) is 6.08 Å². The van der Waals surface area contributed by atoms with Crippen molar-refractivity contribution in [3.05, 3.63) is 35.5 Å². The van der Waals surface area contributed by atoms with Crippen LogP contribution >= 0.6 is 12.2 Å². The number of carbonyl (C=O) groups excluding carboxylic acids is 1. The van der Waals surface area contributed by atoms with E-state index in [0.717, 1.165) is 12.0 Å². The second-order valence-corrected chi connectivity index (χ2v) is 5.92. The molecular formula is C17H20N2O4S. The van der Waals surface area contributed by atoms with Crippen molar-refractivity contribution >= 4 is 35.3 Å². The fourth-order valence-electron chi connectivity index (χ4n) is 2.31. The van der Waals surface area contributed by atoms with Crippen molar-refractivity contribution in [2.24, 2.45) is 0 Å². The lowest BCUT2D eigenvalue weighted by Crippen LogP contribution is -2.38. The highest BCUT2D eigenvalue weighted by Gasteiger charge is 2.37. The first-order chi connectivity index (χ1) is 11.3. The smallest absolute Gasteiger partial charge is 0.341 e. The third-order valence-electron chi connectivity index (χ3n) is 3.87. The molecular weight excluding hydrogens is 328 g/mol. The molecule has 0 saturated carbocycles. The van der Waals surface area contributed by atoms with Crippen molar-refractivity contribution < 1.29 is 19.4 Å². The summed E-state index contributed by atoms with van der Waals surface area (Å²) in [4.78, 5) is 26.4. The Kier molecular flexibility index (Phi) is 5.56. The molecule has 0 spiro atoms. The third kappa shape index (κ3) is 3.73. The minimum Gasteiger partial charge on any atom is -0.482 e. The first-order valence-corrected chi connectivity index (χ1v) is 8.03. The number of hydrogen-bond donors (Lipinski definition) is 1. The Morgan fingerprint density at radius 3 is 2.54 bits per heavy atom. The van der Waals surface area contributed by atoms with Gasteiger partial charge in [-0.1, -0.05) is 19.1 Å². The standard InChI is InChI=1S/C17H20N2O4S/c1-4-11(2)19-16(22)14(18(3)17(19)24)9-12-5-7-13(8-6-12)23-10-15(20)21/h5-9,11H,4,10H2,1-3H3,(H,20,21)/b14-9+. The quantitative estimate of drug-likeness (QED) is 0.629. The molecule has 0 bridgehead atoms. The van der Waals surface area contributed by atoms with Gasteiger partial charge in [0, 0.05) is 13.1 Å². The Bertz CT molecular complexity index is 684. The van der Waals surface area contributed by atoms with Gasteiger partial charge < -0.3 is 14.7 Å². The molecule has 1 fully saturated rings. The van der Waals surface area contributed by atoms with E-state index in [9.17, 15) is 9.59 Å². The van der Waals surface area contributed by atoms with Crippen LogP contribution in [0, 0.1) is 0 Å². The predicted octanol–water partition coefficient (Wildman–Crippen LogP) is 2.35. The Labute approximate surface area is 146 Å². The number of likely N-dealkylation sites (N-methyl/N-ethyl adjacent to an activating group) is 1. The van der Waals surface area contributed by atoms with Gasteiger partial charge in [0.05, 0.1) is 0 Å². The SMILES string of the molecule is CCC(C)N1C(=O)/C(=C\c2ccc(OCC(=O)O)cc2)N(C)C1=S. The summed E-state index contributed by atoms with van der Waals surface area (Å²) < 4.78 is 5.09. The van der Waals surface area contributed by atoms with Gasteiger partial charge >= 0.3 is 5.97 Å². The highest BCUT2D eigenvalue weighted by molar-refractivity contribution is 7.80. The van der Waals surface area contributed by atoms with Crippen LogP contribution in [0.3, 0.4) is 0 Å². The number of carboxylic acid groups (broad SMARTS) is 1. The van der Waals surface area contributed by atoms with Gasteiger partial charge in [-0.15, -0.1) is 0 Å². The highest BCUT2D eigenvalue weighted by Crippen LogP contribution is 2.25. The van der Waals surface area contributed by atoms with Crippen LogP contribution in [-0.4, -0.2) is 51.6 Å². The number of aliphatic carboxylic acids is 1. The van der Waals surface area contributed by atoms with Gasteiger partial charge in [-0.2, -0.15) is 0 Å². The summed E-state index contributed by atoms with van der Waals surface area (Å²) in [6, 6.07) is 6.91. The topological polar surface area (TPSA) is 70.1 Å². The summed E-state index contributed by atoms with van der Waals surface area (Å²) in [7, 11) is 1.78. The number of carbonyl (C=O) groups is 2. The molecule has 0 aliphatic carbocycles. The van der Waals surface area contributed by atoms with E-state index < -0.39 is 5.97 Å². The molecule has 1 unspecified atom stereocenters. The molecule has 2 rings (SSSR count). The summed E-state index contributed by atoms with van der Waals surface area (Å²) in [5.74, 6) is -0.677. The van der Waals surface area contributed by atoms with E-state index in [0.29, 0.717) is 16.6 Å². The molecule has 1 saturated heterocycles. The van der Waals surface area contributed by atoms with E-state index in [4.69, 9.17) is 22.1 Å². The number of hydrogen-bond acceptors (Lipinski definition) is 4. The highest BCUT2D eigenvalue weighted by atomic mass is 32.1. The normalized spacial score (nSPS) is 17.5. The van der Waals surface area contributed by atoms with Gasteiger partial charge in [-0.25, -0.2) is 4.79 Å². The second-order valence-electron chi connectivity index (χ2n) is 5.56. The van der Waals surface area contributed by atoms with Gasteiger partial charge in [0.2, 0.25) is 0 Å². The van der Waals surface area contributed by atoms with Crippen molar-refractivity contribution in [3.8, 4) is 5.75 Å². The Morgan fingerprint density at radius 1 is 1.38 bits per heavy atom. The molecule has 0 radical (unpaired) electrons. The molecule has 1 N–H and O–H groups in total. The minimum atomic E-state index is -1.03. The Hall–Kier alpha value is -2.41. The predicted molar refractivity (Wildman–Crippen MR) is 94.5 cm³/mol. The fraction of sp³-hybridized carbons (Fsp3) is 0.353. The van der Waals surface area contributed by atoms with Gasteiger partial charge in [0.15, 0.2) is 11.7 Å². The zero-order valence-electron chi connectivity index (χ0n) is 13.9. The maximum atomic E-state index is 12.6. The lowest BCUT2D eigenvalue weighted by molar-refractivity contribution is -0.139. The average molecular weight is 348 g/mol. The third-order valence-corrected chi connectivity index (χ3v) is 4.34. The lowest BCUT2D eigenvalue weighted by Gasteiger charge is -2.22. The monoisotopic (exact) mass is 348 g/mol. The number of rotatable bonds is 6. The van der Waals surface area contributed by atoms with E-state index in [1.807, 2.05) is 13.8 Å². The van der Waals surface area contributed by atoms with Crippen LogP contribution < -0.4 is 4.74 Å². The fourth-order valence-corrected chi connectivity index (χ4v) is 2.67. The number of thiocarbonyl (C=S) groups is 1. The number of ether oxygens (including phenoxy) is 1. The molecule has 6 nitrogen and oxygen atoms in total. The number of amides is 1. The molecule has 0 aromatic heterocycles. The van der Waals surface area contributed by atoms with Crippen LogP contribution in [0.1, 0.15) is 25.8 Å². The zero-order valence-corrected chi connectivity index (χ0v) is 14.7. The van der Waals surface area contributed by atoms with Crippen LogP contribution in [0.4, 0.5) is 0 Å². The largest absolute Gasteiger partial charge is 0.482 e. The van der Waals surface area contributed by atoms with Crippen molar-refractivity contribution in [1.29, 1.82) is 0 Å². The maximum absolute atomic E-state index is 12.6. The summed E-state index contributed by atoms with van der Waals surface area (Å²) in [6.45, 7) is 3.59. The molecule has 1 aliphatic heterocycles. The van der Waals surface area contributed by atoms with Crippen LogP contribution in [-0.2, 0) is 9.59 Å². The Balaban J connectivity index is 2.19. The summed E-state index contributed by atoms with van der Waals surface area (Å²) in [6.07, 6.45) is 2.58. The van der Waals surface area contributed by atoms with Crippen molar-refractivity contribution in [2.75, 3.05) is 13.7 Å². The first-order valence-electron chi connectivity index (χ1n) is 7.62. The van der Waals surface area contributed by atoms with Crippen LogP contribution in [0.15, 0.2) is 30.0 Å². The average Bonchev–Trinajstić information content (AvgIpc) is 2.77.